The van der Waals surface area contributed by atoms with Crippen LogP contribution in [0.4, 0.5) is 10.6 Å². The van der Waals surface area contributed by atoms with Gasteiger partial charge in [-0.25, -0.2) is 9.78 Å². The average Bonchev–Trinajstić information content (AvgIpc) is 3.10. The van der Waals surface area contributed by atoms with E-state index in [2.05, 4.69) is 26.8 Å². The van der Waals surface area contributed by atoms with Gasteiger partial charge in [-0.2, -0.15) is 5.10 Å². The minimum atomic E-state index is -0.225. The zero-order valence-corrected chi connectivity index (χ0v) is 14.0. The number of rotatable bonds is 5. The molecule has 0 aliphatic carbocycles. The Balaban J connectivity index is 1.51. The third-order valence-electron chi connectivity index (χ3n) is 3.50. The standard InChI is InChI=1S/C16H19N5OS/c1-3-11-10-14(21(2)20-11)19-16(22)17-9-8-15-18-12-6-4-5-7-13(12)23-15/h4-7,10H,3,8-9H2,1-2H3,(H2,17,19,22). The number of carbonyl (C=O) groups is 1. The molecule has 0 saturated carbocycles. The summed E-state index contributed by atoms with van der Waals surface area (Å²) in [5, 5.41) is 11.0. The Bertz CT molecular complexity index is 790. The van der Waals surface area contributed by atoms with E-state index < -0.39 is 0 Å². The number of fused-ring (bicyclic) bond motifs is 1. The number of nitrogens with one attached hydrogen (secondary N) is 2. The van der Waals surface area contributed by atoms with E-state index >= 15 is 0 Å². The van der Waals surface area contributed by atoms with Crippen LogP contribution in [0.1, 0.15) is 17.6 Å². The smallest absolute Gasteiger partial charge is 0.320 e. The SMILES string of the molecule is CCc1cc(NC(=O)NCCc2nc3ccccc3s2)n(C)n1. The molecule has 120 valence electrons. The van der Waals surface area contributed by atoms with Crippen molar-refractivity contribution in [3.8, 4) is 0 Å². The van der Waals surface area contributed by atoms with E-state index in [1.807, 2.05) is 38.2 Å². The first-order valence-corrected chi connectivity index (χ1v) is 8.39. The van der Waals surface area contributed by atoms with E-state index in [1.165, 1.54) is 4.70 Å². The van der Waals surface area contributed by atoms with E-state index in [0.717, 1.165) is 29.1 Å². The summed E-state index contributed by atoms with van der Waals surface area (Å²) in [7, 11) is 1.82. The number of hydrogen-bond donors (Lipinski definition) is 2. The van der Waals surface area contributed by atoms with Crippen molar-refractivity contribution in [1.29, 1.82) is 0 Å². The van der Waals surface area contributed by atoms with Gasteiger partial charge in [0.2, 0.25) is 0 Å². The highest BCUT2D eigenvalue weighted by Gasteiger charge is 2.08. The average molecular weight is 329 g/mol. The lowest BCUT2D eigenvalue weighted by Gasteiger charge is -2.06. The molecule has 1 aromatic carbocycles. The van der Waals surface area contributed by atoms with Gasteiger partial charge in [0.05, 0.1) is 20.9 Å². The lowest BCUT2D eigenvalue weighted by Crippen LogP contribution is -2.31. The van der Waals surface area contributed by atoms with Gasteiger partial charge in [0, 0.05) is 26.1 Å². The second-order valence-corrected chi connectivity index (χ2v) is 6.32. The van der Waals surface area contributed by atoms with Crippen LogP contribution >= 0.6 is 11.3 Å². The number of urea groups is 1. The maximum absolute atomic E-state index is 11.9. The number of benzene rings is 1. The van der Waals surface area contributed by atoms with Gasteiger partial charge in [-0.1, -0.05) is 19.1 Å². The van der Waals surface area contributed by atoms with Crippen LogP contribution in [0.5, 0.6) is 0 Å². The predicted molar refractivity (Wildman–Crippen MR) is 92.9 cm³/mol. The Morgan fingerprint density at radius 1 is 1.35 bits per heavy atom. The van der Waals surface area contributed by atoms with Gasteiger partial charge >= 0.3 is 6.03 Å². The number of thiazole rings is 1. The van der Waals surface area contributed by atoms with Gasteiger partial charge in [0.1, 0.15) is 5.82 Å². The van der Waals surface area contributed by atoms with Crippen LogP contribution < -0.4 is 10.6 Å². The number of aryl methyl sites for hydroxylation is 2. The maximum Gasteiger partial charge on any atom is 0.320 e. The van der Waals surface area contributed by atoms with E-state index in [-0.39, 0.29) is 6.03 Å². The van der Waals surface area contributed by atoms with Crippen molar-refractivity contribution >= 4 is 33.4 Å². The summed E-state index contributed by atoms with van der Waals surface area (Å²) in [6.45, 7) is 2.58. The summed E-state index contributed by atoms with van der Waals surface area (Å²) in [5.41, 5.74) is 1.97. The number of nitrogens with zero attached hydrogens (tertiary/aromatic N) is 3. The van der Waals surface area contributed by atoms with Gasteiger partial charge in [-0.15, -0.1) is 11.3 Å². The lowest BCUT2D eigenvalue weighted by molar-refractivity contribution is 0.252. The van der Waals surface area contributed by atoms with Crippen LogP contribution in [0.3, 0.4) is 0 Å². The molecule has 3 aromatic rings. The number of amides is 2. The second kappa shape index (κ2) is 6.78. The fraction of sp³-hybridized carbons (Fsp3) is 0.312. The summed E-state index contributed by atoms with van der Waals surface area (Å²) in [5.74, 6) is 0.694. The largest absolute Gasteiger partial charge is 0.337 e. The third kappa shape index (κ3) is 3.68. The summed E-state index contributed by atoms with van der Waals surface area (Å²) in [4.78, 5) is 16.5. The Labute approximate surface area is 138 Å². The van der Waals surface area contributed by atoms with E-state index in [9.17, 15) is 4.79 Å². The van der Waals surface area contributed by atoms with Crippen molar-refractivity contribution < 1.29 is 4.79 Å². The first-order valence-electron chi connectivity index (χ1n) is 7.58. The maximum atomic E-state index is 11.9. The van der Waals surface area contributed by atoms with Crippen molar-refractivity contribution in [1.82, 2.24) is 20.1 Å². The molecular formula is C16H19N5OS. The summed E-state index contributed by atoms with van der Waals surface area (Å²) in [6, 6.07) is 9.71. The Morgan fingerprint density at radius 3 is 2.91 bits per heavy atom. The van der Waals surface area contributed by atoms with E-state index in [4.69, 9.17) is 0 Å². The summed E-state index contributed by atoms with van der Waals surface area (Å²) < 4.78 is 2.85. The summed E-state index contributed by atoms with van der Waals surface area (Å²) >= 11 is 1.66. The predicted octanol–water partition coefficient (Wildman–Crippen LogP) is 2.96. The zero-order valence-electron chi connectivity index (χ0n) is 13.2. The van der Waals surface area contributed by atoms with Crippen LogP contribution in [-0.2, 0) is 19.9 Å². The van der Waals surface area contributed by atoms with Gasteiger partial charge in [0.15, 0.2) is 0 Å². The third-order valence-corrected chi connectivity index (χ3v) is 4.59. The molecule has 3 rings (SSSR count). The van der Waals surface area contributed by atoms with Crippen LogP contribution in [0.15, 0.2) is 30.3 Å². The first kappa shape index (κ1) is 15.5. The highest BCUT2D eigenvalue weighted by atomic mass is 32.1. The number of hydrogen-bond acceptors (Lipinski definition) is 4. The molecule has 0 aliphatic rings. The topological polar surface area (TPSA) is 71.8 Å². The fourth-order valence-electron chi connectivity index (χ4n) is 2.29. The Hall–Kier alpha value is -2.41. The normalized spacial score (nSPS) is 10.9. The van der Waals surface area contributed by atoms with Crippen LogP contribution in [0, 0.1) is 0 Å². The zero-order chi connectivity index (χ0) is 16.2. The monoisotopic (exact) mass is 329 g/mol. The van der Waals surface area contributed by atoms with E-state index in [0.29, 0.717) is 12.4 Å². The molecule has 0 atom stereocenters. The second-order valence-electron chi connectivity index (χ2n) is 5.20. The van der Waals surface area contributed by atoms with Gasteiger partial charge < -0.3 is 5.32 Å². The van der Waals surface area contributed by atoms with Crippen LogP contribution in [0.25, 0.3) is 10.2 Å². The van der Waals surface area contributed by atoms with Crippen molar-refractivity contribution in [3.63, 3.8) is 0 Å². The van der Waals surface area contributed by atoms with Crippen LogP contribution in [-0.4, -0.2) is 27.3 Å². The molecule has 2 N–H and O–H groups in total. The minimum Gasteiger partial charge on any atom is -0.337 e. The molecule has 2 aromatic heterocycles. The quantitative estimate of drug-likeness (QED) is 0.756. The number of anilines is 1. The molecule has 6 nitrogen and oxygen atoms in total. The molecule has 0 unspecified atom stereocenters. The molecular weight excluding hydrogens is 310 g/mol. The molecule has 0 fully saturated rings. The first-order chi connectivity index (χ1) is 11.2. The van der Waals surface area contributed by atoms with Crippen molar-refractivity contribution in [3.05, 3.63) is 41.0 Å². The number of aromatic nitrogens is 3. The fourth-order valence-corrected chi connectivity index (χ4v) is 3.25. The van der Waals surface area contributed by atoms with E-state index in [1.54, 1.807) is 16.0 Å². The molecule has 0 spiro atoms. The van der Waals surface area contributed by atoms with Crippen molar-refractivity contribution in [2.75, 3.05) is 11.9 Å². The molecule has 0 aliphatic heterocycles. The summed E-state index contributed by atoms with van der Waals surface area (Å²) in [6.07, 6.45) is 1.56. The molecule has 0 bridgehead atoms. The number of carbonyl (C=O) groups excluding carboxylic acids is 1. The highest BCUT2D eigenvalue weighted by molar-refractivity contribution is 7.18. The Morgan fingerprint density at radius 2 is 2.17 bits per heavy atom. The Kier molecular flexibility index (Phi) is 4.57. The van der Waals surface area contributed by atoms with Crippen molar-refractivity contribution in [2.24, 2.45) is 7.05 Å². The van der Waals surface area contributed by atoms with Crippen molar-refractivity contribution in [2.45, 2.75) is 19.8 Å². The lowest BCUT2D eigenvalue weighted by atomic mass is 10.3. The minimum absolute atomic E-state index is 0.225. The van der Waals surface area contributed by atoms with Gasteiger partial charge in [0.25, 0.3) is 0 Å². The molecule has 7 heteroatoms. The van der Waals surface area contributed by atoms with Gasteiger partial charge in [-0.05, 0) is 18.6 Å². The molecule has 0 radical (unpaired) electrons. The highest BCUT2D eigenvalue weighted by Crippen LogP contribution is 2.21. The number of para-hydroxylation sites is 1. The van der Waals surface area contributed by atoms with Crippen LogP contribution in [0.2, 0.25) is 0 Å². The molecule has 23 heavy (non-hydrogen) atoms. The molecule has 2 heterocycles. The molecule has 0 saturated heterocycles. The molecule has 2 amide bonds. The van der Waals surface area contributed by atoms with Gasteiger partial charge in [-0.3, -0.25) is 10.00 Å².